The normalized spacial score (nSPS) is 15.2. The number of ether oxygens (including phenoxy) is 3. The van der Waals surface area contributed by atoms with Crippen LogP contribution in [-0.2, 0) is 4.74 Å². The van der Waals surface area contributed by atoms with Gasteiger partial charge in [0.2, 0.25) is 0 Å². The van der Waals surface area contributed by atoms with Crippen LogP contribution in [0.2, 0.25) is 0 Å². The van der Waals surface area contributed by atoms with Crippen molar-refractivity contribution in [2.45, 2.75) is 12.5 Å². The van der Waals surface area contributed by atoms with E-state index in [2.05, 4.69) is 27.3 Å². The highest BCUT2D eigenvalue weighted by Crippen LogP contribution is 2.39. The van der Waals surface area contributed by atoms with E-state index in [-0.39, 0.29) is 0 Å². The standard InChI is InChI=1S/C14H17BrN2O3/c1-18-6-3-17-12(9-16)10-7-11(15)14-13(8-10)19-4-2-5-20-14/h7-8,12,17H,2-6H2,1H3. The van der Waals surface area contributed by atoms with Crippen molar-refractivity contribution in [3.05, 3.63) is 22.2 Å². The second-order valence-electron chi connectivity index (χ2n) is 4.39. The van der Waals surface area contributed by atoms with E-state index in [1.807, 2.05) is 12.1 Å². The summed E-state index contributed by atoms with van der Waals surface area (Å²) in [5, 5.41) is 12.4. The number of nitriles is 1. The van der Waals surface area contributed by atoms with Gasteiger partial charge in [0.25, 0.3) is 0 Å². The quantitative estimate of drug-likeness (QED) is 0.834. The van der Waals surface area contributed by atoms with Crippen molar-refractivity contribution in [2.75, 3.05) is 33.5 Å². The summed E-state index contributed by atoms with van der Waals surface area (Å²) in [4.78, 5) is 0. The zero-order valence-electron chi connectivity index (χ0n) is 11.3. The lowest BCUT2D eigenvalue weighted by molar-refractivity contribution is 0.198. The number of hydrogen-bond donors (Lipinski definition) is 1. The predicted octanol–water partition coefficient (Wildman–Crippen LogP) is 2.41. The van der Waals surface area contributed by atoms with E-state index in [1.54, 1.807) is 7.11 Å². The van der Waals surface area contributed by atoms with Gasteiger partial charge in [-0.25, -0.2) is 0 Å². The molecule has 5 nitrogen and oxygen atoms in total. The molecule has 1 heterocycles. The summed E-state index contributed by atoms with van der Waals surface area (Å²) in [5.74, 6) is 1.39. The third-order valence-electron chi connectivity index (χ3n) is 2.94. The van der Waals surface area contributed by atoms with Gasteiger partial charge in [0, 0.05) is 20.1 Å². The van der Waals surface area contributed by atoms with Gasteiger partial charge >= 0.3 is 0 Å². The van der Waals surface area contributed by atoms with Crippen molar-refractivity contribution in [1.29, 1.82) is 5.26 Å². The Hall–Kier alpha value is -1.29. The largest absolute Gasteiger partial charge is 0.490 e. The molecule has 0 aliphatic carbocycles. The van der Waals surface area contributed by atoms with Gasteiger partial charge in [0.05, 0.1) is 30.4 Å². The number of nitrogens with zero attached hydrogens (tertiary/aromatic N) is 1. The molecule has 1 aliphatic heterocycles. The lowest BCUT2D eigenvalue weighted by Crippen LogP contribution is -2.24. The van der Waals surface area contributed by atoms with Crippen LogP contribution >= 0.6 is 15.9 Å². The van der Waals surface area contributed by atoms with Gasteiger partial charge in [-0.2, -0.15) is 5.26 Å². The van der Waals surface area contributed by atoms with Crippen LogP contribution in [0, 0.1) is 11.3 Å². The first-order chi connectivity index (χ1) is 9.76. The Labute approximate surface area is 126 Å². The Bertz CT molecular complexity index is 502. The van der Waals surface area contributed by atoms with E-state index < -0.39 is 6.04 Å². The van der Waals surface area contributed by atoms with E-state index in [0.717, 1.165) is 16.5 Å². The molecule has 1 aromatic rings. The molecular formula is C14H17BrN2O3. The maximum Gasteiger partial charge on any atom is 0.175 e. The van der Waals surface area contributed by atoms with E-state index in [9.17, 15) is 5.26 Å². The van der Waals surface area contributed by atoms with Crippen molar-refractivity contribution in [2.24, 2.45) is 0 Å². The maximum atomic E-state index is 9.29. The molecule has 0 amide bonds. The Balaban J connectivity index is 2.21. The second-order valence-corrected chi connectivity index (χ2v) is 5.24. The average Bonchev–Trinajstić information content (AvgIpc) is 2.69. The van der Waals surface area contributed by atoms with Crippen LogP contribution in [-0.4, -0.2) is 33.5 Å². The minimum atomic E-state index is -0.404. The number of fused-ring (bicyclic) bond motifs is 1. The molecule has 0 spiro atoms. The third kappa shape index (κ3) is 3.63. The molecule has 20 heavy (non-hydrogen) atoms. The minimum Gasteiger partial charge on any atom is -0.490 e. The number of benzene rings is 1. The van der Waals surface area contributed by atoms with Crippen molar-refractivity contribution in [3.63, 3.8) is 0 Å². The molecule has 1 aromatic carbocycles. The Morgan fingerprint density at radius 2 is 2.25 bits per heavy atom. The maximum absolute atomic E-state index is 9.29. The summed E-state index contributed by atoms with van der Waals surface area (Å²) >= 11 is 3.48. The summed E-state index contributed by atoms with van der Waals surface area (Å²) < 4.78 is 17.1. The summed E-state index contributed by atoms with van der Waals surface area (Å²) in [7, 11) is 1.63. The van der Waals surface area contributed by atoms with Crippen LogP contribution in [0.3, 0.4) is 0 Å². The average molecular weight is 341 g/mol. The van der Waals surface area contributed by atoms with Crippen LogP contribution in [0.15, 0.2) is 16.6 Å². The molecule has 0 aromatic heterocycles. The Morgan fingerprint density at radius 3 is 3.00 bits per heavy atom. The number of halogens is 1. The van der Waals surface area contributed by atoms with Gasteiger partial charge in [0.15, 0.2) is 11.5 Å². The van der Waals surface area contributed by atoms with E-state index in [4.69, 9.17) is 14.2 Å². The van der Waals surface area contributed by atoms with Crippen LogP contribution < -0.4 is 14.8 Å². The summed E-state index contributed by atoms with van der Waals surface area (Å²) in [6, 6.07) is 5.59. The fourth-order valence-electron chi connectivity index (χ4n) is 1.96. The van der Waals surface area contributed by atoms with Crippen molar-refractivity contribution in [1.82, 2.24) is 5.32 Å². The molecule has 0 saturated heterocycles. The van der Waals surface area contributed by atoms with Crippen LogP contribution in [0.25, 0.3) is 0 Å². The predicted molar refractivity (Wildman–Crippen MR) is 78.0 cm³/mol. The molecule has 1 aliphatic rings. The van der Waals surface area contributed by atoms with Gasteiger partial charge in [-0.15, -0.1) is 0 Å². The molecule has 108 valence electrons. The molecule has 2 rings (SSSR count). The highest BCUT2D eigenvalue weighted by molar-refractivity contribution is 9.10. The molecule has 1 N–H and O–H groups in total. The summed E-state index contributed by atoms with van der Waals surface area (Å²) in [5.41, 5.74) is 0.847. The van der Waals surface area contributed by atoms with E-state index in [1.165, 1.54) is 0 Å². The lowest BCUT2D eigenvalue weighted by Gasteiger charge is -2.15. The Kier molecular flexibility index (Phi) is 5.65. The SMILES string of the molecule is COCCNC(C#N)c1cc(Br)c2c(c1)OCCCO2. The van der Waals surface area contributed by atoms with E-state index >= 15 is 0 Å². The molecular weight excluding hydrogens is 324 g/mol. The highest BCUT2D eigenvalue weighted by Gasteiger charge is 2.19. The third-order valence-corrected chi connectivity index (χ3v) is 3.53. The molecule has 0 saturated carbocycles. The zero-order valence-corrected chi connectivity index (χ0v) is 12.9. The molecule has 0 radical (unpaired) electrons. The summed E-state index contributed by atoms with van der Waals surface area (Å²) in [6.07, 6.45) is 0.851. The van der Waals surface area contributed by atoms with Gasteiger partial charge in [-0.1, -0.05) is 0 Å². The first-order valence-electron chi connectivity index (χ1n) is 6.47. The summed E-state index contributed by atoms with van der Waals surface area (Å²) in [6.45, 7) is 2.43. The van der Waals surface area contributed by atoms with Crippen molar-refractivity contribution in [3.8, 4) is 17.6 Å². The van der Waals surface area contributed by atoms with E-state index in [0.29, 0.717) is 37.9 Å². The number of rotatable bonds is 5. The zero-order chi connectivity index (χ0) is 14.4. The fraction of sp³-hybridized carbons (Fsp3) is 0.500. The Morgan fingerprint density at radius 1 is 1.45 bits per heavy atom. The van der Waals surface area contributed by atoms with Crippen LogP contribution in [0.4, 0.5) is 0 Å². The minimum absolute atomic E-state index is 0.404. The smallest absolute Gasteiger partial charge is 0.175 e. The topological polar surface area (TPSA) is 63.5 Å². The van der Waals surface area contributed by atoms with Crippen LogP contribution in [0.1, 0.15) is 18.0 Å². The molecule has 0 fully saturated rings. The fourth-order valence-corrected chi connectivity index (χ4v) is 2.53. The second kappa shape index (κ2) is 7.48. The molecule has 0 bridgehead atoms. The molecule has 1 unspecified atom stereocenters. The number of nitrogens with one attached hydrogen (secondary N) is 1. The van der Waals surface area contributed by atoms with Gasteiger partial charge < -0.3 is 14.2 Å². The number of methoxy groups -OCH3 is 1. The van der Waals surface area contributed by atoms with Gasteiger partial charge in [-0.05, 0) is 33.6 Å². The van der Waals surface area contributed by atoms with Gasteiger partial charge in [-0.3, -0.25) is 5.32 Å². The van der Waals surface area contributed by atoms with Crippen molar-refractivity contribution < 1.29 is 14.2 Å². The van der Waals surface area contributed by atoms with Crippen molar-refractivity contribution >= 4 is 15.9 Å². The monoisotopic (exact) mass is 340 g/mol. The lowest BCUT2D eigenvalue weighted by atomic mass is 10.1. The molecule has 6 heteroatoms. The molecule has 1 atom stereocenters. The van der Waals surface area contributed by atoms with Crippen LogP contribution in [0.5, 0.6) is 11.5 Å². The first-order valence-corrected chi connectivity index (χ1v) is 7.26. The first kappa shape index (κ1) is 15.1. The highest BCUT2D eigenvalue weighted by atomic mass is 79.9. The number of hydrogen-bond acceptors (Lipinski definition) is 5. The van der Waals surface area contributed by atoms with Gasteiger partial charge in [0.1, 0.15) is 6.04 Å².